The summed E-state index contributed by atoms with van der Waals surface area (Å²) in [5, 5.41) is 0. The SMILES string of the molecule is O=C1C(Br)CCCN1CCOC1CCCCC1. The van der Waals surface area contributed by atoms with Crippen LogP contribution < -0.4 is 0 Å². The predicted octanol–water partition coefficient (Wildman–Crippen LogP) is 2.72. The summed E-state index contributed by atoms with van der Waals surface area (Å²) in [5.74, 6) is 0.239. The molecule has 1 aliphatic carbocycles. The van der Waals surface area contributed by atoms with Crippen molar-refractivity contribution in [3.8, 4) is 0 Å². The highest BCUT2D eigenvalue weighted by molar-refractivity contribution is 9.10. The zero-order valence-corrected chi connectivity index (χ0v) is 12.0. The van der Waals surface area contributed by atoms with E-state index >= 15 is 0 Å². The molecule has 1 amide bonds. The Morgan fingerprint density at radius 3 is 2.71 bits per heavy atom. The Labute approximate surface area is 112 Å². The standard InChI is InChI=1S/C13H22BrNO2/c14-12-7-4-8-15(13(12)16)9-10-17-11-5-2-1-3-6-11/h11-12H,1-10H2. The van der Waals surface area contributed by atoms with Crippen LogP contribution in [0.3, 0.4) is 0 Å². The summed E-state index contributed by atoms with van der Waals surface area (Å²) < 4.78 is 5.86. The van der Waals surface area contributed by atoms with Crippen LogP contribution in [0.25, 0.3) is 0 Å². The number of amides is 1. The van der Waals surface area contributed by atoms with Crippen molar-refractivity contribution < 1.29 is 9.53 Å². The smallest absolute Gasteiger partial charge is 0.236 e. The normalized spacial score (nSPS) is 27.5. The van der Waals surface area contributed by atoms with Crippen LogP contribution in [0.2, 0.25) is 0 Å². The zero-order valence-electron chi connectivity index (χ0n) is 10.4. The Morgan fingerprint density at radius 2 is 1.94 bits per heavy atom. The van der Waals surface area contributed by atoms with Crippen molar-refractivity contribution in [3.05, 3.63) is 0 Å². The quantitative estimate of drug-likeness (QED) is 0.747. The van der Waals surface area contributed by atoms with Crippen LogP contribution >= 0.6 is 15.9 Å². The second kappa shape index (κ2) is 6.74. The van der Waals surface area contributed by atoms with Crippen LogP contribution in [0.4, 0.5) is 0 Å². The third-order valence-electron chi connectivity index (χ3n) is 3.73. The monoisotopic (exact) mass is 303 g/mol. The first-order chi connectivity index (χ1) is 8.27. The molecule has 1 unspecified atom stereocenters. The van der Waals surface area contributed by atoms with Gasteiger partial charge in [-0.15, -0.1) is 0 Å². The largest absolute Gasteiger partial charge is 0.376 e. The summed E-state index contributed by atoms with van der Waals surface area (Å²) >= 11 is 3.43. The lowest BCUT2D eigenvalue weighted by molar-refractivity contribution is -0.133. The molecule has 3 nitrogen and oxygen atoms in total. The Balaban J connectivity index is 1.65. The lowest BCUT2D eigenvalue weighted by atomic mass is 9.98. The van der Waals surface area contributed by atoms with E-state index in [1.165, 1.54) is 32.1 Å². The minimum Gasteiger partial charge on any atom is -0.376 e. The van der Waals surface area contributed by atoms with Gasteiger partial charge in [0.15, 0.2) is 0 Å². The molecule has 17 heavy (non-hydrogen) atoms. The molecule has 0 aromatic rings. The molecule has 1 aliphatic heterocycles. The first-order valence-electron chi connectivity index (χ1n) is 6.82. The van der Waals surface area contributed by atoms with E-state index in [4.69, 9.17) is 4.74 Å². The molecule has 0 bridgehead atoms. The second-order valence-electron chi connectivity index (χ2n) is 5.07. The van der Waals surface area contributed by atoms with Crippen molar-refractivity contribution >= 4 is 21.8 Å². The molecule has 0 N–H and O–H groups in total. The average molecular weight is 304 g/mol. The van der Waals surface area contributed by atoms with Crippen molar-refractivity contribution in [2.45, 2.75) is 55.9 Å². The van der Waals surface area contributed by atoms with Gasteiger partial charge in [0.25, 0.3) is 0 Å². The summed E-state index contributed by atoms with van der Waals surface area (Å²) in [6, 6.07) is 0. The van der Waals surface area contributed by atoms with E-state index < -0.39 is 0 Å². The number of alkyl halides is 1. The highest BCUT2D eigenvalue weighted by Crippen LogP contribution is 2.21. The van der Waals surface area contributed by atoms with Gasteiger partial charge in [0.1, 0.15) is 0 Å². The van der Waals surface area contributed by atoms with Crippen LogP contribution in [0.1, 0.15) is 44.9 Å². The predicted molar refractivity (Wildman–Crippen MR) is 71.4 cm³/mol. The minimum absolute atomic E-state index is 0.0333. The number of carbonyl (C=O) groups is 1. The number of halogens is 1. The van der Waals surface area contributed by atoms with Crippen molar-refractivity contribution in [1.82, 2.24) is 4.90 Å². The third kappa shape index (κ3) is 3.95. The molecule has 1 saturated heterocycles. The van der Waals surface area contributed by atoms with E-state index in [2.05, 4.69) is 15.9 Å². The lowest BCUT2D eigenvalue weighted by Gasteiger charge is -2.30. The van der Waals surface area contributed by atoms with Gasteiger partial charge in [-0.3, -0.25) is 4.79 Å². The molecule has 0 aromatic carbocycles. The molecule has 2 rings (SSSR count). The molecule has 98 valence electrons. The summed E-state index contributed by atoms with van der Waals surface area (Å²) in [6.45, 7) is 2.36. The number of piperidine rings is 1. The molecule has 0 spiro atoms. The van der Waals surface area contributed by atoms with E-state index in [-0.39, 0.29) is 10.7 Å². The van der Waals surface area contributed by atoms with Gasteiger partial charge in [-0.2, -0.15) is 0 Å². The zero-order chi connectivity index (χ0) is 12.1. The molecule has 2 fully saturated rings. The van der Waals surface area contributed by atoms with Gasteiger partial charge in [0, 0.05) is 13.1 Å². The lowest BCUT2D eigenvalue weighted by Crippen LogP contribution is -2.43. The van der Waals surface area contributed by atoms with E-state index in [0.717, 1.165) is 25.9 Å². The first-order valence-corrected chi connectivity index (χ1v) is 7.73. The van der Waals surface area contributed by atoms with Gasteiger partial charge in [0.05, 0.1) is 17.5 Å². The molecular weight excluding hydrogens is 282 g/mol. The van der Waals surface area contributed by atoms with Gasteiger partial charge in [-0.25, -0.2) is 0 Å². The summed E-state index contributed by atoms with van der Waals surface area (Å²) in [5.41, 5.74) is 0. The number of likely N-dealkylation sites (tertiary alicyclic amines) is 1. The molecule has 4 heteroatoms. The second-order valence-corrected chi connectivity index (χ2v) is 6.17. The highest BCUT2D eigenvalue weighted by Gasteiger charge is 2.26. The maximum atomic E-state index is 11.8. The summed E-state index contributed by atoms with van der Waals surface area (Å²) in [4.78, 5) is 13.8. The summed E-state index contributed by atoms with van der Waals surface area (Å²) in [7, 11) is 0. The van der Waals surface area contributed by atoms with Crippen molar-refractivity contribution in [3.63, 3.8) is 0 Å². The number of hydrogen-bond donors (Lipinski definition) is 0. The number of rotatable bonds is 4. The van der Waals surface area contributed by atoms with Crippen LogP contribution in [-0.2, 0) is 9.53 Å². The van der Waals surface area contributed by atoms with Crippen molar-refractivity contribution in [2.75, 3.05) is 19.7 Å². The van der Waals surface area contributed by atoms with Gasteiger partial charge in [-0.05, 0) is 25.7 Å². The number of carbonyl (C=O) groups excluding carboxylic acids is 1. The fraction of sp³-hybridized carbons (Fsp3) is 0.923. The minimum atomic E-state index is 0.0333. The molecule has 0 radical (unpaired) electrons. The maximum absolute atomic E-state index is 11.8. The molecule has 0 aromatic heterocycles. The third-order valence-corrected chi connectivity index (χ3v) is 4.58. The number of hydrogen-bond acceptors (Lipinski definition) is 2. The van der Waals surface area contributed by atoms with E-state index in [0.29, 0.717) is 12.7 Å². The first kappa shape index (κ1) is 13.3. The van der Waals surface area contributed by atoms with Crippen molar-refractivity contribution in [1.29, 1.82) is 0 Å². The average Bonchev–Trinajstić information content (AvgIpc) is 2.36. The molecular formula is C13H22BrNO2. The highest BCUT2D eigenvalue weighted by atomic mass is 79.9. The van der Waals surface area contributed by atoms with Crippen LogP contribution in [0, 0.1) is 0 Å². The van der Waals surface area contributed by atoms with Gasteiger partial charge in [-0.1, -0.05) is 35.2 Å². The fourth-order valence-corrected chi connectivity index (χ4v) is 3.29. The van der Waals surface area contributed by atoms with E-state index in [1.54, 1.807) is 0 Å². The fourth-order valence-electron chi connectivity index (χ4n) is 2.68. The molecule has 1 heterocycles. The number of nitrogens with zero attached hydrogens (tertiary/aromatic N) is 1. The van der Waals surface area contributed by atoms with Gasteiger partial charge < -0.3 is 9.64 Å². The molecule has 1 saturated carbocycles. The Bertz CT molecular complexity index is 254. The Morgan fingerprint density at radius 1 is 1.18 bits per heavy atom. The summed E-state index contributed by atoms with van der Waals surface area (Å²) in [6.07, 6.45) is 8.89. The maximum Gasteiger partial charge on any atom is 0.236 e. The van der Waals surface area contributed by atoms with Crippen LogP contribution in [-0.4, -0.2) is 41.4 Å². The van der Waals surface area contributed by atoms with E-state index in [9.17, 15) is 4.79 Å². The Kier molecular flexibility index (Phi) is 5.29. The van der Waals surface area contributed by atoms with Gasteiger partial charge in [0.2, 0.25) is 5.91 Å². The van der Waals surface area contributed by atoms with Crippen molar-refractivity contribution in [2.24, 2.45) is 0 Å². The van der Waals surface area contributed by atoms with Crippen LogP contribution in [0.15, 0.2) is 0 Å². The van der Waals surface area contributed by atoms with Crippen LogP contribution in [0.5, 0.6) is 0 Å². The Hall–Kier alpha value is -0.0900. The molecule has 1 atom stereocenters. The van der Waals surface area contributed by atoms with E-state index in [1.807, 2.05) is 4.90 Å². The topological polar surface area (TPSA) is 29.5 Å². The number of ether oxygens (including phenoxy) is 1. The molecule has 2 aliphatic rings. The van der Waals surface area contributed by atoms with Gasteiger partial charge >= 0.3 is 0 Å².